The average molecular weight is 314 g/mol. The second-order valence-electron chi connectivity index (χ2n) is 5.35. The number of imidazole rings is 1. The minimum atomic E-state index is -0.446. The second kappa shape index (κ2) is 5.71. The van der Waals surface area contributed by atoms with Crippen molar-refractivity contribution in [1.29, 1.82) is 0 Å². The summed E-state index contributed by atoms with van der Waals surface area (Å²) in [5, 5.41) is 2.93. The predicted molar refractivity (Wildman–Crippen MR) is 88.8 cm³/mol. The van der Waals surface area contributed by atoms with Gasteiger partial charge in [-0.15, -0.1) is 0 Å². The lowest BCUT2D eigenvalue weighted by Crippen LogP contribution is -2.37. The van der Waals surface area contributed by atoms with Crippen LogP contribution in [0.5, 0.6) is 0 Å². The molecule has 0 aliphatic rings. The maximum absolute atomic E-state index is 12.5. The molecule has 0 aliphatic heterocycles. The summed E-state index contributed by atoms with van der Waals surface area (Å²) in [6.45, 7) is 3.76. The summed E-state index contributed by atoms with van der Waals surface area (Å²) >= 11 is 0. The van der Waals surface area contributed by atoms with Crippen LogP contribution in [0.1, 0.15) is 26.3 Å². The minimum Gasteiger partial charge on any atom is -0.373 e. The fourth-order valence-electron chi connectivity index (χ4n) is 2.39. The van der Waals surface area contributed by atoms with Gasteiger partial charge >= 0.3 is 5.69 Å². The van der Waals surface area contributed by atoms with Crippen LogP contribution in [-0.2, 0) is 0 Å². The van der Waals surface area contributed by atoms with E-state index in [1.165, 1.54) is 4.57 Å². The molecule has 0 spiro atoms. The van der Waals surface area contributed by atoms with Gasteiger partial charge in [0.15, 0.2) is 5.65 Å². The predicted octanol–water partition coefficient (Wildman–Crippen LogP) is 1.49. The summed E-state index contributed by atoms with van der Waals surface area (Å²) in [5.74, 6) is 1.22. The number of hydrogen-bond acceptors (Lipinski definition) is 5. The zero-order valence-corrected chi connectivity index (χ0v) is 13.2. The Hall–Kier alpha value is -2.90. The third-order valence-electron chi connectivity index (χ3n) is 3.91. The van der Waals surface area contributed by atoms with E-state index < -0.39 is 5.69 Å². The topological polar surface area (TPSA) is 108 Å². The number of anilines is 1. The number of nitrogens with zero attached hydrogens (tertiary/aromatic N) is 3. The summed E-state index contributed by atoms with van der Waals surface area (Å²) in [5.41, 5.74) is 0.468. The van der Waals surface area contributed by atoms with Gasteiger partial charge in [0, 0.05) is 24.8 Å². The van der Waals surface area contributed by atoms with Gasteiger partial charge in [0.05, 0.1) is 0 Å². The first-order valence-electron chi connectivity index (χ1n) is 7.43. The molecule has 0 aliphatic carbocycles. The SMILES string of the molecule is CCC(C)n1c(=O)[nH]c2nc(-c3ccc(NC)nc3)[nH]c2c1=O. The van der Waals surface area contributed by atoms with Crippen molar-refractivity contribution in [3.63, 3.8) is 0 Å². The van der Waals surface area contributed by atoms with Crippen LogP contribution < -0.4 is 16.6 Å². The summed E-state index contributed by atoms with van der Waals surface area (Å²) in [4.78, 5) is 38.8. The van der Waals surface area contributed by atoms with Crippen LogP contribution >= 0.6 is 0 Å². The van der Waals surface area contributed by atoms with E-state index in [2.05, 4.69) is 25.3 Å². The van der Waals surface area contributed by atoms with Gasteiger partial charge in [0.25, 0.3) is 5.56 Å². The molecule has 0 radical (unpaired) electrons. The summed E-state index contributed by atoms with van der Waals surface area (Å²) < 4.78 is 1.21. The minimum absolute atomic E-state index is 0.182. The first-order chi connectivity index (χ1) is 11.0. The molecule has 8 heteroatoms. The van der Waals surface area contributed by atoms with E-state index in [9.17, 15) is 9.59 Å². The zero-order chi connectivity index (χ0) is 16.6. The Morgan fingerprint density at radius 1 is 1.30 bits per heavy atom. The molecular weight excluding hydrogens is 296 g/mol. The maximum Gasteiger partial charge on any atom is 0.330 e. The molecule has 1 unspecified atom stereocenters. The average Bonchev–Trinajstić information content (AvgIpc) is 2.98. The van der Waals surface area contributed by atoms with Crippen LogP contribution in [0.15, 0.2) is 27.9 Å². The second-order valence-corrected chi connectivity index (χ2v) is 5.35. The van der Waals surface area contributed by atoms with E-state index in [4.69, 9.17) is 0 Å². The molecule has 3 aromatic rings. The van der Waals surface area contributed by atoms with Crippen molar-refractivity contribution in [3.05, 3.63) is 39.2 Å². The van der Waals surface area contributed by atoms with Crippen LogP contribution in [0.3, 0.4) is 0 Å². The Kier molecular flexibility index (Phi) is 3.73. The number of pyridine rings is 1. The van der Waals surface area contributed by atoms with E-state index in [0.29, 0.717) is 12.2 Å². The third-order valence-corrected chi connectivity index (χ3v) is 3.91. The van der Waals surface area contributed by atoms with Gasteiger partial charge in [0.1, 0.15) is 17.2 Å². The highest BCUT2D eigenvalue weighted by atomic mass is 16.2. The lowest BCUT2D eigenvalue weighted by atomic mass is 10.2. The largest absolute Gasteiger partial charge is 0.373 e. The van der Waals surface area contributed by atoms with E-state index in [1.807, 2.05) is 26.0 Å². The summed E-state index contributed by atoms with van der Waals surface area (Å²) in [6.07, 6.45) is 2.33. The van der Waals surface area contributed by atoms with Crippen molar-refractivity contribution in [2.24, 2.45) is 0 Å². The van der Waals surface area contributed by atoms with Gasteiger partial charge in [-0.2, -0.15) is 0 Å². The molecule has 8 nitrogen and oxygen atoms in total. The molecule has 0 aromatic carbocycles. The van der Waals surface area contributed by atoms with Crippen molar-refractivity contribution in [2.45, 2.75) is 26.3 Å². The Morgan fingerprint density at radius 2 is 2.09 bits per heavy atom. The van der Waals surface area contributed by atoms with Crippen molar-refractivity contribution < 1.29 is 0 Å². The fraction of sp³-hybridized carbons (Fsp3) is 0.333. The Morgan fingerprint density at radius 3 is 2.70 bits per heavy atom. The number of nitrogens with one attached hydrogen (secondary N) is 3. The highest BCUT2D eigenvalue weighted by Crippen LogP contribution is 2.18. The standard InChI is InChI=1S/C15H18N6O2/c1-4-8(2)21-14(22)11-13(20-15(21)23)19-12(18-11)9-5-6-10(16-3)17-7-9/h5-8H,4H2,1-3H3,(H,16,17)(H,18,19)(H,20,23). The molecule has 0 saturated heterocycles. The van der Waals surface area contributed by atoms with Crippen LogP contribution in [-0.4, -0.2) is 31.6 Å². The molecule has 3 N–H and O–H groups in total. The highest BCUT2D eigenvalue weighted by molar-refractivity contribution is 5.74. The van der Waals surface area contributed by atoms with Gasteiger partial charge < -0.3 is 10.3 Å². The molecular formula is C15H18N6O2. The number of aromatic amines is 2. The van der Waals surface area contributed by atoms with Crippen molar-refractivity contribution in [2.75, 3.05) is 12.4 Å². The molecule has 0 saturated carbocycles. The van der Waals surface area contributed by atoms with E-state index in [-0.39, 0.29) is 22.8 Å². The van der Waals surface area contributed by atoms with Gasteiger partial charge in [-0.1, -0.05) is 6.92 Å². The van der Waals surface area contributed by atoms with Gasteiger partial charge in [-0.05, 0) is 25.5 Å². The first-order valence-corrected chi connectivity index (χ1v) is 7.43. The van der Waals surface area contributed by atoms with Gasteiger partial charge in [0.2, 0.25) is 0 Å². The molecule has 3 aromatic heterocycles. The smallest absolute Gasteiger partial charge is 0.330 e. The lowest BCUT2D eigenvalue weighted by Gasteiger charge is -2.10. The number of hydrogen-bond donors (Lipinski definition) is 3. The molecule has 0 bridgehead atoms. The van der Waals surface area contributed by atoms with Crippen LogP contribution in [0, 0.1) is 0 Å². The van der Waals surface area contributed by atoms with E-state index >= 15 is 0 Å². The van der Waals surface area contributed by atoms with Crippen LogP contribution in [0.2, 0.25) is 0 Å². The number of aromatic nitrogens is 5. The third kappa shape index (κ3) is 2.52. The highest BCUT2D eigenvalue weighted by Gasteiger charge is 2.16. The molecule has 3 heterocycles. The zero-order valence-electron chi connectivity index (χ0n) is 13.2. The number of H-pyrrole nitrogens is 2. The first kappa shape index (κ1) is 15.0. The van der Waals surface area contributed by atoms with Crippen molar-refractivity contribution in [1.82, 2.24) is 24.5 Å². The molecule has 120 valence electrons. The number of rotatable bonds is 4. The quantitative estimate of drug-likeness (QED) is 0.676. The fourth-order valence-corrected chi connectivity index (χ4v) is 2.39. The van der Waals surface area contributed by atoms with E-state index in [0.717, 1.165) is 11.4 Å². The number of fused-ring (bicyclic) bond motifs is 1. The molecule has 1 atom stereocenters. The van der Waals surface area contributed by atoms with Crippen LogP contribution in [0.25, 0.3) is 22.6 Å². The monoisotopic (exact) mass is 314 g/mol. The van der Waals surface area contributed by atoms with Crippen LogP contribution in [0.4, 0.5) is 5.82 Å². The van der Waals surface area contributed by atoms with Crippen molar-refractivity contribution in [3.8, 4) is 11.4 Å². The van der Waals surface area contributed by atoms with Crippen molar-refractivity contribution >= 4 is 17.0 Å². The summed E-state index contributed by atoms with van der Waals surface area (Å²) in [6, 6.07) is 3.46. The lowest BCUT2D eigenvalue weighted by molar-refractivity contribution is 0.494. The Balaban J connectivity index is 2.17. The molecule has 23 heavy (non-hydrogen) atoms. The molecule has 0 amide bonds. The molecule has 0 fully saturated rings. The maximum atomic E-state index is 12.5. The molecule has 3 rings (SSSR count). The Labute approximate surface area is 131 Å². The van der Waals surface area contributed by atoms with Gasteiger partial charge in [-0.25, -0.2) is 14.8 Å². The Bertz CT molecular complexity index is 951. The van der Waals surface area contributed by atoms with E-state index in [1.54, 1.807) is 13.2 Å². The summed E-state index contributed by atoms with van der Waals surface area (Å²) in [7, 11) is 1.78. The normalized spacial score (nSPS) is 12.5. The van der Waals surface area contributed by atoms with Gasteiger partial charge in [-0.3, -0.25) is 14.3 Å².